The van der Waals surface area contributed by atoms with E-state index in [4.69, 9.17) is 4.42 Å². The monoisotopic (exact) mass is 389 g/mol. The predicted octanol–water partition coefficient (Wildman–Crippen LogP) is 3.75. The molecule has 0 aliphatic carbocycles. The molecule has 29 heavy (non-hydrogen) atoms. The molecule has 2 N–H and O–H groups in total. The standard InChI is InChI=1S/C21H19N5O3/c1-12-19-16(21(28)23-15-7-4-6-14(10-15)22-13(2)27)11-17(18-8-5-9-29-18)24-20(19)26(3)25-12/h4-11H,1-3H3,(H,22,27)(H,23,28). The van der Waals surface area contributed by atoms with Gasteiger partial charge in [-0.2, -0.15) is 5.10 Å². The number of carbonyl (C=O) groups excluding carboxylic acids is 2. The lowest BCUT2D eigenvalue weighted by atomic mass is 10.1. The first kappa shape index (κ1) is 18.4. The fraction of sp³-hybridized carbons (Fsp3) is 0.143. The van der Waals surface area contributed by atoms with Crippen molar-refractivity contribution in [3.63, 3.8) is 0 Å². The quantitative estimate of drug-likeness (QED) is 0.553. The Balaban J connectivity index is 1.76. The lowest BCUT2D eigenvalue weighted by molar-refractivity contribution is -0.114. The molecule has 0 saturated heterocycles. The molecule has 0 spiro atoms. The highest BCUT2D eigenvalue weighted by Crippen LogP contribution is 2.28. The van der Waals surface area contributed by atoms with Crippen LogP contribution in [0.1, 0.15) is 23.0 Å². The fourth-order valence-electron chi connectivity index (χ4n) is 3.25. The van der Waals surface area contributed by atoms with Crippen LogP contribution in [0.3, 0.4) is 0 Å². The summed E-state index contributed by atoms with van der Waals surface area (Å²) in [5.74, 6) is 0.0760. The van der Waals surface area contributed by atoms with Crippen LogP contribution in [0.5, 0.6) is 0 Å². The van der Waals surface area contributed by atoms with E-state index in [1.54, 1.807) is 60.5 Å². The summed E-state index contributed by atoms with van der Waals surface area (Å²) in [6.07, 6.45) is 1.56. The number of aryl methyl sites for hydroxylation is 2. The Morgan fingerprint density at radius 2 is 1.83 bits per heavy atom. The molecule has 8 nitrogen and oxygen atoms in total. The predicted molar refractivity (Wildman–Crippen MR) is 110 cm³/mol. The zero-order valence-corrected chi connectivity index (χ0v) is 16.2. The van der Waals surface area contributed by atoms with Crippen LogP contribution in [-0.4, -0.2) is 26.6 Å². The minimum atomic E-state index is -0.304. The van der Waals surface area contributed by atoms with Gasteiger partial charge < -0.3 is 15.1 Å². The minimum absolute atomic E-state index is 0.182. The van der Waals surface area contributed by atoms with Crippen molar-refractivity contribution >= 4 is 34.2 Å². The van der Waals surface area contributed by atoms with Gasteiger partial charge in [-0.1, -0.05) is 6.07 Å². The number of hydrogen-bond donors (Lipinski definition) is 2. The summed E-state index contributed by atoms with van der Waals surface area (Å²) in [5.41, 5.74) is 3.45. The van der Waals surface area contributed by atoms with Crippen molar-refractivity contribution in [1.29, 1.82) is 0 Å². The van der Waals surface area contributed by atoms with Crippen molar-refractivity contribution in [3.8, 4) is 11.5 Å². The maximum absolute atomic E-state index is 13.2. The van der Waals surface area contributed by atoms with Gasteiger partial charge in [0.15, 0.2) is 11.4 Å². The molecular weight excluding hydrogens is 370 g/mol. The largest absolute Gasteiger partial charge is 0.463 e. The molecule has 0 bridgehead atoms. The summed E-state index contributed by atoms with van der Waals surface area (Å²) in [6, 6.07) is 12.2. The van der Waals surface area contributed by atoms with Gasteiger partial charge in [-0.05, 0) is 43.3 Å². The Morgan fingerprint density at radius 3 is 2.52 bits per heavy atom. The number of fused-ring (bicyclic) bond motifs is 1. The lowest BCUT2D eigenvalue weighted by Crippen LogP contribution is -2.14. The Kier molecular flexibility index (Phi) is 4.59. The van der Waals surface area contributed by atoms with E-state index >= 15 is 0 Å². The molecule has 2 amide bonds. The Hall–Kier alpha value is -3.94. The van der Waals surface area contributed by atoms with Crippen LogP contribution in [0.2, 0.25) is 0 Å². The summed E-state index contributed by atoms with van der Waals surface area (Å²) in [4.78, 5) is 29.0. The first-order valence-electron chi connectivity index (χ1n) is 8.99. The highest BCUT2D eigenvalue weighted by Gasteiger charge is 2.20. The highest BCUT2D eigenvalue weighted by atomic mass is 16.3. The zero-order chi connectivity index (χ0) is 20.5. The molecular formula is C21H19N5O3. The Labute approximate surface area is 166 Å². The first-order valence-corrected chi connectivity index (χ1v) is 8.99. The SMILES string of the molecule is CC(=O)Nc1cccc(NC(=O)c2cc(-c3ccco3)nc3c2c(C)nn3C)c1. The second-order valence-corrected chi connectivity index (χ2v) is 6.66. The van der Waals surface area contributed by atoms with Crippen molar-refractivity contribution in [2.75, 3.05) is 10.6 Å². The third-order valence-corrected chi connectivity index (χ3v) is 4.43. The van der Waals surface area contributed by atoms with Crippen molar-refractivity contribution in [3.05, 3.63) is 60.0 Å². The van der Waals surface area contributed by atoms with Crippen LogP contribution < -0.4 is 10.6 Å². The van der Waals surface area contributed by atoms with Crippen molar-refractivity contribution in [2.24, 2.45) is 7.05 Å². The molecule has 0 saturated carbocycles. The van der Waals surface area contributed by atoms with Crippen LogP contribution >= 0.6 is 0 Å². The third kappa shape index (κ3) is 3.60. The number of carbonyl (C=O) groups is 2. The number of furan rings is 1. The zero-order valence-electron chi connectivity index (χ0n) is 16.2. The number of hydrogen-bond acceptors (Lipinski definition) is 5. The molecule has 4 rings (SSSR count). The number of pyridine rings is 1. The Morgan fingerprint density at radius 1 is 1.07 bits per heavy atom. The molecule has 0 radical (unpaired) electrons. The summed E-state index contributed by atoms with van der Waals surface area (Å²) in [6.45, 7) is 3.27. The number of aromatic nitrogens is 3. The van der Waals surface area contributed by atoms with Gasteiger partial charge in [0.1, 0.15) is 5.69 Å². The molecule has 146 valence electrons. The van der Waals surface area contributed by atoms with Crippen molar-refractivity contribution in [2.45, 2.75) is 13.8 Å². The van der Waals surface area contributed by atoms with Gasteiger partial charge in [-0.3, -0.25) is 14.3 Å². The lowest BCUT2D eigenvalue weighted by Gasteiger charge is -2.10. The van der Waals surface area contributed by atoms with Crippen LogP contribution in [-0.2, 0) is 11.8 Å². The molecule has 3 heterocycles. The van der Waals surface area contributed by atoms with Crippen LogP contribution in [0.4, 0.5) is 11.4 Å². The number of rotatable bonds is 4. The summed E-state index contributed by atoms with van der Waals surface area (Å²) >= 11 is 0. The number of amides is 2. The second kappa shape index (κ2) is 7.23. The average molecular weight is 389 g/mol. The van der Waals surface area contributed by atoms with Crippen LogP contribution in [0, 0.1) is 6.92 Å². The molecule has 4 aromatic rings. The van der Waals surface area contributed by atoms with Gasteiger partial charge in [0.2, 0.25) is 5.91 Å². The average Bonchev–Trinajstić information content (AvgIpc) is 3.30. The summed E-state index contributed by atoms with van der Waals surface area (Å²) in [7, 11) is 1.78. The third-order valence-electron chi connectivity index (χ3n) is 4.43. The van der Waals surface area contributed by atoms with Gasteiger partial charge in [0.25, 0.3) is 5.91 Å². The van der Waals surface area contributed by atoms with Gasteiger partial charge in [-0.15, -0.1) is 0 Å². The van der Waals surface area contributed by atoms with E-state index in [0.29, 0.717) is 45.1 Å². The van der Waals surface area contributed by atoms with Gasteiger partial charge >= 0.3 is 0 Å². The molecule has 0 fully saturated rings. The second-order valence-electron chi connectivity index (χ2n) is 6.66. The van der Waals surface area contributed by atoms with Crippen molar-refractivity contribution < 1.29 is 14.0 Å². The van der Waals surface area contributed by atoms with Gasteiger partial charge in [0.05, 0.1) is 22.9 Å². The number of benzene rings is 1. The molecule has 3 aromatic heterocycles. The molecule has 0 unspecified atom stereocenters. The van der Waals surface area contributed by atoms with Gasteiger partial charge in [-0.25, -0.2) is 4.98 Å². The summed E-state index contributed by atoms with van der Waals surface area (Å²) < 4.78 is 7.10. The van der Waals surface area contributed by atoms with Crippen molar-refractivity contribution in [1.82, 2.24) is 14.8 Å². The number of nitrogens with one attached hydrogen (secondary N) is 2. The Bertz CT molecular complexity index is 1220. The molecule has 0 atom stereocenters. The molecule has 0 aliphatic heterocycles. The maximum atomic E-state index is 13.2. The molecule has 1 aromatic carbocycles. The first-order chi connectivity index (χ1) is 13.9. The van der Waals surface area contributed by atoms with Crippen LogP contribution in [0.25, 0.3) is 22.5 Å². The molecule has 8 heteroatoms. The maximum Gasteiger partial charge on any atom is 0.256 e. The topological polar surface area (TPSA) is 102 Å². The van der Waals surface area contributed by atoms with E-state index in [1.807, 2.05) is 6.92 Å². The van der Waals surface area contributed by atoms with E-state index in [1.165, 1.54) is 6.92 Å². The van der Waals surface area contributed by atoms with E-state index in [0.717, 1.165) is 0 Å². The number of anilines is 2. The molecule has 0 aliphatic rings. The van der Waals surface area contributed by atoms with Crippen LogP contribution in [0.15, 0.2) is 53.1 Å². The normalized spacial score (nSPS) is 10.9. The number of nitrogens with zero attached hydrogens (tertiary/aromatic N) is 3. The van der Waals surface area contributed by atoms with Gasteiger partial charge in [0, 0.05) is 25.3 Å². The minimum Gasteiger partial charge on any atom is -0.463 e. The smallest absolute Gasteiger partial charge is 0.256 e. The summed E-state index contributed by atoms with van der Waals surface area (Å²) in [5, 5.41) is 10.7. The van der Waals surface area contributed by atoms with E-state index < -0.39 is 0 Å². The highest BCUT2D eigenvalue weighted by molar-refractivity contribution is 6.13. The fourth-order valence-corrected chi connectivity index (χ4v) is 3.25. The van der Waals surface area contributed by atoms with E-state index in [2.05, 4.69) is 20.7 Å². The van der Waals surface area contributed by atoms with E-state index in [9.17, 15) is 9.59 Å². The van der Waals surface area contributed by atoms with E-state index in [-0.39, 0.29) is 11.8 Å².